The van der Waals surface area contributed by atoms with Crippen LogP contribution in [-0.2, 0) is 0 Å². The van der Waals surface area contributed by atoms with E-state index in [2.05, 4.69) is 10.1 Å². The van der Waals surface area contributed by atoms with Crippen molar-refractivity contribution >= 4 is 5.91 Å². The van der Waals surface area contributed by atoms with Crippen molar-refractivity contribution in [1.82, 2.24) is 5.32 Å². The molecule has 0 bridgehead atoms. The smallest absolute Gasteiger partial charge is 0.254 e. The molecular formula is C9H8F3NO2. The van der Waals surface area contributed by atoms with Gasteiger partial charge in [0.2, 0.25) is 5.82 Å². The third-order valence-electron chi connectivity index (χ3n) is 1.79. The highest BCUT2D eigenvalue weighted by molar-refractivity contribution is 5.94. The predicted molar refractivity (Wildman–Crippen MR) is 46.3 cm³/mol. The maximum atomic E-state index is 13.4. The van der Waals surface area contributed by atoms with Gasteiger partial charge in [-0.25, -0.2) is 8.78 Å². The summed E-state index contributed by atoms with van der Waals surface area (Å²) in [6.45, 7) is 0. The molecule has 0 saturated carbocycles. The molecule has 0 aliphatic heterocycles. The molecule has 1 rings (SSSR count). The molecule has 0 atom stereocenters. The quantitative estimate of drug-likeness (QED) is 0.765. The third kappa shape index (κ3) is 1.88. The van der Waals surface area contributed by atoms with Crippen LogP contribution in [0.3, 0.4) is 0 Å². The highest BCUT2D eigenvalue weighted by atomic mass is 19.2. The van der Waals surface area contributed by atoms with Crippen molar-refractivity contribution in [3.63, 3.8) is 0 Å². The molecule has 3 nitrogen and oxygen atoms in total. The third-order valence-corrected chi connectivity index (χ3v) is 1.79. The second-order valence-corrected chi connectivity index (χ2v) is 2.65. The first kappa shape index (κ1) is 11.4. The zero-order valence-corrected chi connectivity index (χ0v) is 8.03. The molecule has 0 fully saturated rings. The van der Waals surface area contributed by atoms with Crippen LogP contribution in [0.2, 0.25) is 0 Å². The van der Waals surface area contributed by atoms with E-state index >= 15 is 0 Å². The summed E-state index contributed by atoms with van der Waals surface area (Å²) in [5, 5.41) is 2.10. The van der Waals surface area contributed by atoms with Crippen molar-refractivity contribution < 1.29 is 22.7 Å². The number of carbonyl (C=O) groups excluding carboxylic acids is 1. The van der Waals surface area contributed by atoms with Crippen LogP contribution in [0.4, 0.5) is 13.2 Å². The second kappa shape index (κ2) is 4.20. The number of carbonyl (C=O) groups is 1. The Kier molecular flexibility index (Phi) is 3.18. The van der Waals surface area contributed by atoms with Gasteiger partial charge in [0.25, 0.3) is 5.91 Å². The number of nitrogens with one attached hydrogen (secondary N) is 1. The largest absolute Gasteiger partial charge is 0.491 e. The number of halogens is 3. The zero-order chi connectivity index (χ0) is 11.6. The van der Waals surface area contributed by atoms with Gasteiger partial charge in [0.05, 0.1) is 12.7 Å². The van der Waals surface area contributed by atoms with Crippen molar-refractivity contribution in [2.45, 2.75) is 0 Å². The first-order valence-electron chi connectivity index (χ1n) is 3.96. The van der Waals surface area contributed by atoms with Gasteiger partial charge in [0.15, 0.2) is 17.4 Å². The fraction of sp³-hybridized carbons (Fsp3) is 0.222. The average molecular weight is 219 g/mol. The van der Waals surface area contributed by atoms with E-state index in [1.807, 2.05) is 0 Å². The Morgan fingerprint density at radius 2 is 1.93 bits per heavy atom. The van der Waals surface area contributed by atoms with Crippen LogP contribution in [0, 0.1) is 17.5 Å². The molecule has 0 saturated heterocycles. The molecular weight excluding hydrogens is 211 g/mol. The average Bonchev–Trinajstić information content (AvgIpc) is 2.23. The molecule has 0 aliphatic rings. The Bertz CT molecular complexity index is 407. The Morgan fingerprint density at radius 1 is 1.33 bits per heavy atom. The zero-order valence-electron chi connectivity index (χ0n) is 8.03. The summed E-state index contributed by atoms with van der Waals surface area (Å²) < 4.78 is 43.5. The van der Waals surface area contributed by atoms with Gasteiger partial charge in [-0.3, -0.25) is 4.79 Å². The Balaban J connectivity index is 3.43. The van der Waals surface area contributed by atoms with Crippen molar-refractivity contribution in [2.75, 3.05) is 14.2 Å². The van der Waals surface area contributed by atoms with E-state index in [1.165, 1.54) is 7.05 Å². The molecule has 0 aliphatic carbocycles. The summed E-state index contributed by atoms with van der Waals surface area (Å²) in [4.78, 5) is 11.1. The number of methoxy groups -OCH3 is 1. The summed E-state index contributed by atoms with van der Waals surface area (Å²) in [5.74, 6) is -5.79. The van der Waals surface area contributed by atoms with E-state index in [1.54, 1.807) is 0 Å². The molecule has 82 valence electrons. The van der Waals surface area contributed by atoms with Crippen LogP contribution in [0.5, 0.6) is 5.75 Å². The van der Waals surface area contributed by atoms with E-state index in [-0.39, 0.29) is 0 Å². The van der Waals surface area contributed by atoms with Crippen molar-refractivity contribution in [2.24, 2.45) is 0 Å². The number of rotatable bonds is 2. The molecule has 0 aromatic heterocycles. The SMILES string of the molecule is CNC(=O)c1cc(F)c(F)c(OC)c1F. The van der Waals surface area contributed by atoms with Gasteiger partial charge in [0, 0.05) is 7.05 Å². The minimum atomic E-state index is -1.46. The Morgan fingerprint density at radius 3 is 2.40 bits per heavy atom. The molecule has 1 N–H and O–H groups in total. The number of hydrogen-bond donors (Lipinski definition) is 1. The van der Waals surface area contributed by atoms with Gasteiger partial charge in [-0.1, -0.05) is 0 Å². The summed E-state index contributed by atoms with van der Waals surface area (Å²) in [5.41, 5.74) is -0.603. The summed E-state index contributed by atoms with van der Waals surface area (Å²) >= 11 is 0. The van der Waals surface area contributed by atoms with Crippen LogP contribution in [0.25, 0.3) is 0 Å². The van der Waals surface area contributed by atoms with E-state index in [0.29, 0.717) is 6.07 Å². The van der Waals surface area contributed by atoms with Gasteiger partial charge < -0.3 is 10.1 Å². The lowest BCUT2D eigenvalue weighted by molar-refractivity contribution is 0.0957. The fourth-order valence-corrected chi connectivity index (χ4v) is 1.06. The van der Waals surface area contributed by atoms with Crippen molar-refractivity contribution in [3.8, 4) is 5.75 Å². The molecule has 1 aromatic carbocycles. The second-order valence-electron chi connectivity index (χ2n) is 2.65. The number of amides is 1. The lowest BCUT2D eigenvalue weighted by atomic mass is 10.1. The Hall–Kier alpha value is -1.72. The van der Waals surface area contributed by atoms with E-state index < -0.39 is 34.7 Å². The Labute approximate surface area is 83.8 Å². The van der Waals surface area contributed by atoms with E-state index in [0.717, 1.165) is 7.11 Å². The molecule has 1 amide bonds. The summed E-state index contributed by atoms with van der Waals surface area (Å²) in [7, 11) is 2.23. The van der Waals surface area contributed by atoms with Gasteiger partial charge in [-0.2, -0.15) is 4.39 Å². The summed E-state index contributed by atoms with van der Waals surface area (Å²) in [6, 6.07) is 0.478. The topological polar surface area (TPSA) is 38.3 Å². The molecule has 0 radical (unpaired) electrons. The van der Waals surface area contributed by atoms with Gasteiger partial charge in [-0.15, -0.1) is 0 Å². The van der Waals surface area contributed by atoms with Crippen LogP contribution in [-0.4, -0.2) is 20.1 Å². The molecule has 0 heterocycles. The highest BCUT2D eigenvalue weighted by Gasteiger charge is 2.22. The molecule has 0 spiro atoms. The van der Waals surface area contributed by atoms with Crippen molar-refractivity contribution in [1.29, 1.82) is 0 Å². The molecule has 0 unspecified atom stereocenters. The standard InChI is InChI=1S/C9H8F3NO2/c1-13-9(14)4-3-5(10)7(12)8(15-2)6(4)11/h3H,1-2H3,(H,13,14). The highest BCUT2D eigenvalue weighted by Crippen LogP contribution is 2.26. The van der Waals surface area contributed by atoms with Crippen molar-refractivity contribution in [3.05, 3.63) is 29.1 Å². The summed E-state index contributed by atoms with van der Waals surface area (Å²) in [6.07, 6.45) is 0. The number of benzene rings is 1. The van der Waals surface area contributed by atoms with Gasteiger partial charge >= 0.3 is 0 Å². The number of ether oxygens (including phenoxy) is 1. The molecule has 1 aromatic rings. The van der Waals surface area contributed by atoms with Crippen LogP contribution >= 0.6 is 0 Å². The molecule has 15 heavy (non-hydrogen) atoms. The van der Waals surface area contributed by atoms with Crippen LogP contribution < -0.4 is 10.1 Å². The lowest BCUT2D eigenvalue weighted by Gasteiger charge is -2.08. The maximum absolute atomic E-state index is 13.4. The lowest BCUT2D eigenvalue weighted by Crippen LogP contribution is -2.20. The minimum Gasteiger partial charge on any atom is -0.491 e. The first-order valence-corrected chi connectivity index (χ1v) is 3.96. The minimum absolute atomic E-state index is 0.478. The van der Waals surface area contributed by atoms with E-state index in [4.69, 9.17) is 0 Å². The fourth-order valence-electron chi connectivity index (χ4n) is 1.06. The monoisotopic (exact) mass is 219 g/mol. The van der Waals surface area contributed by atoms with Gasteiger partial charge in [-0.05, 0) is 6.07 Å². The van der Waals surface area contributed by atoms with Crippen LogP contribution in [0.1, 0.15) is 10.4 Å². The number of hydrogen-bond acceptors (Lipinski definition) is 2. The maximum Gasteiger partial charge on any atom is 0.254 e. The van der Waals surface area contributed by atoms with E-state index in [9.17, 15) is 18.0 Å². The predicted octanol–water partition coefficient (Wildman–Crippen LogP) is 1.47. The molecule has 6 heteroatoms. The van der Waals surface area contributed by atoms with Crippen LogP contribution in [0.15, 0.2) is 6.07 Å². The first-order chi connectivity index (χ1) is 7.02. The normalized spacial score (nSPS) is 9.93. The van der Waals surface area contributed by atoms with Gasteiger partial charge in [0.1, 0.15) is 0 Å².